The number of likely N-dealkylation sites (N-methyl/N-ethyl adjacent to an activating group) is 1. The Morgan fingerprint density at radius 3 is 2.50 bits per heavy atom. The molecule has 0 heterocycles. The molecule has 1 unspecified atom stereocenters. The first-order valence-electron chi connectivity index (χ1n) is 6.16. The third-order valence-corrected chi connectivity index (χ3v) is 2.77. The highest BCUT2D eigenvalue weighted by molar-refractivity contribution is 5.21. The maximum atomic E-state index is 3.50. The summed E-state index contributed by atoms with van der Waals surface area (Å²) in [5, 5.41) is 6.67. The van der Waals surface area contributed by atoms with E-state index in [2.05, 4.69) is 48.7 Å². The molecule has 0 radical (unpaired) electrons. The van der Waals surface area contributed by atoms with Crippen LogP contribution in [-0.4, -0.2) is 26.2 Å². The van der Waals surface area contributed by atoms with Gasteiger partial charge in [0.15, 0.2) is 0 Å². The first-order chi connectivity index (χ1) is 7.72. The molecule has 0 aliphatic heterocycles. The molecule has 90 valence electrons. The minimum absolute atomic E-state index is 0.558. The monoisotopic (exact) mass is 220 g/mol. The third-order valence-electron chi connectivity index (χ3n) is 2.77. The fraction of sp³-hybridized carbons (Fsp3) is 0.571. The van der Waals surface area contributed by atoms with Crippen LogP contribution in [0.1, 0.15) is 24.5 Å². The van der Waals surface area contributed by atoms with E-state index in [9.17, 15) is 0 Å². The summed E-state index contributed by atoms with van der Waals surface area (Å²) in [6.45, 7) is 6.47. The lowest BCUT2D eigenvalue weighted by Gasteiger charge is -2.12. The van der Waals surface area contributed by atoms with Crippen molar-refractivity contribution in [3.63, 3.8) is 0 Å². The Morgan fingerprint density at radius 2 is 1.88 bits per heavy atom. The average molecular weight is 220 g/mol. The number of benzene rings is 1. The summed E-state index contributed by atoms with van der Waals surface area (Å²) < 4.78 is 0. The van der Waals surface area contributed by atoms with E-state index in [1.807, 2.05) is 7.05 Å². The van der Waals surface area contributed by atoms with Crippen LogP contribution in [0.5, 0.6) is 0 Å². The van der Waals surface area contributed by atoms with Gasteiger partial charge in [0.1, 0.15) is 0 Å². The molecule has 2 heteroatoms. The first-order valence-corrected chi connectivity index (χ1v) is 6.16. The number of aryl methyl sites for hydroxylation is 2. The molecule has 2 N–H and O–H groups in total. The molecular formula is C14H24N2. The van der Waals surface area contributed by atoms with Crippen molar-refractivity contribution in [1.29, 1.82) is 0 Å². The van der Waals surface area contributed by atoms with Crippen molar-refractivity contribution >= 4 is 0 Å². The predicted molar refractivity (Wildman–Crippen MR) is 70.9 cm³/mol. The van der Waals surface area contributed by atoms with Crippen molar-refractivity contribution in [2.24, 2.45) is 0 Å². The highest BCUT2D eigenvalue weighted by Gasteiger charge is 1.98. The van der Waals surface area contributed by atoms with Crippen molar-refractivity contribution in [3.8, 4) is 0 Å². The van der Waals surface area contributed by atoms with Crippen LogP contribution in [0.2, 0.25) is 0 Å². The van der Waals surface area contributed by atoms with Gasteiger partial charge < -0.3 is 10.6 Å². The topological polar surface area (TPSA) is 24.1 Å². The molecule has 0 aliphatic carbocycles. The number of nitrogens with one attached hydrogen (secondary N) is 2. The smallest absolute Gasteiger partial charge is 0.0164 e. The number of hydrogen-bond donors (Lipinski definition) is 2. The summed E-state index contributed by atoms with van der Waals surface area (Å²) in [6.07, 6.45) is 2.37. The maximum Gasteiger partial charge on any atom is 0.0164 e. The molecule has 16 heavy (non-hydrogen) atoms. The second-order valence-corrected chi connectivity index (χ2v) is 4.50. The molecule has 1 atom stereocenters. The van der Waals surface area contributed by atoms with E-state index in [4.69, 9.17) is 0 Å². The molecule has 0 bridgehead atoms. The molecule has 2 nitrogen and oxygen atoms in total. The van der Waals surface area contributed by atoms with E-state index in [1.165, 1.54) is 24.0 Å². The standard InChI is InChI=1S/C14H24N2/c1-12-6-8-14(9-7-12)5-4-10-16-13(2)11-15-3/h6-9,13,15-16H,4-5,10-11H2,1-3H3. The lowest BCUT2D eigenvalue weighted by atomic mass is 10.1. The first kappa shape index (κ1) is 13.2. The van der Waals surface area contributed by atoms with Gasteiger partial charge >= 0.3 is 0 Å². The Bertz CT molecular complexity index is 279. The highest BCUT2D eigenvalue weighted by atomic mass is 15.0. The van der Waals surface area contributed by atoms with Gasteiger partial charge in [-0.05, 0) is 45.8 Å². The molecule has 0 amide bonds. The van der Waals surface area contributed by atoms with Crippen molar-refractivity contribution in [2.75, 3.05) is 20.1 Å². The van der Waals surface area contributed by atoms with Crippen LogP contribution < -0.4 is 10.6 Å². The zero-order valence-corrected chi connectivity index (χ0v) is 10.7. The van der Waals surface area contributed by atoms with Crippen molar-refractivity contribution in [1.82, 2.24) is 10.6 Å². The molecule has 0 saturated carbocycles. The van der Waals surface area contributed by atoms with E-state index in [-0.39, 0.29) is 0 Å². The van der Waals surface area contributed by atoms with Gasteiger partial charge in [-0.3, -0.25) is 0 Å². The summed E-state index contributed by atoms with van der Waals surface area (Å²) in [6, 6.07) is 9.39. The van der Waals surface area contributed by atoms with E-state index in [0.29, 0.717) is 6.04 Å². The van der Waals surface area contributed by atoms with Gasteiger partial charge in [0.2, 0.25) is 0 Å². The average Bonchev–Trinajstić information content (AvgIpc) is 2.27. The second-order valence-electron chi connectivity index (χ2n) is 4.50. The molecule has 1 rings (SSSR count). The van der Waals surface area contributed by atoms with Crippen LogP contribution in [0.4, 0.5) is 0 Å². The van der Waals surface area contributed by atoms with Gasteiger partial charge in [0.05, 0.1) is 0 Å². The van der Waals surface area contributed by atoms with E-state index in [1.54, 1.807) is 0 Å². The summed E-state index contributed by atoms with van der Waals surface area (Å²) in [4.78, 5) is 0. The molecule has 0 fully saturated rings. The Labute approximate surface area is 99.5 Å². The molecule has 1 aromatic rings. The van der Waals surface area contributed by atoms with Crippen molar-refractivity contribution in [2.45, 2.75) is 32.7 Å². The molecule has 0 saturated heterocycles. The van der Waals surface area contributed by atoms with Crippen molar-refractivity contribution in [3.05, 3.63) is 35.4 Å². The van der Waals surface area contributed by atoms with E-state index in [0.717, 1.165) is 13.1 Å². The van der Waals surface area contributed by atoms with E-state index < -0.39 is 0 Å². The van der Waals surface area contributed by atoms with E-state index >= 15 is 0 Å². The maximum absolute atomic E-state index is 3.50. The number of rotatable bonds is 7. The summed E-state index contributed by atoms with van der Waals surface area (Å²) in [5.41, 5.74) is 2.78. The largest absolute Gasteiger partial charge is 0.318 e. The summed E-state index contributed by atoms with van der Waals surface area (Å²) in [5.74, 6) is 0. The minimum Gasteiger partial charge on any atom is -0.318 e. The van der Waals surface area contributed by atoms with Gasteiger partial charge in [0, 0.05) is 12.6 Å². The SMILES string of the molecule is CNCC(C)NCCCc1ccc(C)cc1. The Morgan fingerprint density at radius 1 is 1.19 bits per heavy atom. The third kappa shape index (κ3) is 5.29. The van der Waals surface area contributed by atoms with Crippen LogP contribution in [0.15, 0.2) is 24.3 Å². The summed E-state index contributed by atoms with van der Waals surface area (Å²) >= 11 is 0. The Hall–Kier alpha value is -0.860. The van der Waals surface area contributed by atoms with Gasteiger partial charge in [0.25, 0.3) is 0 Å². The van der Waals surface area contributed by atoms with Gasteiger partial charge in [-0.15, -0.1) is 0 Å². The van der Waals surface area contributed by atoms with Gasteiger partial charge in [-0.2, -0.15) is 0 Å². The number of hydrogen-bond acceptors (Lipinski definition) is 2. The van der Waals surface area contributed by atoms with Crippen LogP contribution in [0, 0.1) is 6.92 Å². The highest BCUT2D eigenvalue weighted by Crippen LogP contribution is 2.05. The van der Waals surface area contributed by atoms with Crippen molar-refractivity contribution < 1.29 is 0 Å². The van der Waals surface area contributed by atoms with Gasteiger partial charge in [-0.25, -0.2) is 0 Å². The molecule has 0 aliphatic rings. The fourth-order valence-electron chi connectivity index (χ4n) is 1.77. The Kier molecular flexibility index (Phi) is 6.12. The normalized spacial score (nSPS) is 12.7. The predicted octanol–water partition coefficient (Wildman–Crippen LogP) is 2.13. The zero-order valence-electron chi connectivity index (χ0n) is 10.7. The molecule has 0 spiro atoms. The lowest BCUT2D eigenvalue weighted by molar-refractivity contribution is 0.515. The molecule has 0 aromatic heterocycles. The minimum atomic E-state index is 0.558. The van der Waals surface area contributed by atoms with Crippen LogP contribution in [0.3, 0.4) is 0 Å². The van der Waals surface area contributed by atoms with Gasteiger partial charge in [-0.1, -0.05) is 29.8 Å². The van der Waals surface area contributed by atoms with Crippen LogP contribution in [-0.2, 0) is 6.42 Å². The Balaban J connectivity index is 2.13. The molecular weight excluding hydrogens is 196 g/mol. The summed E-state index contributed by atoms with van der Waals surface area (Å²) in [7, 11) is 1.99. The quantitative estimate of drug-likeness (QED) is 0.688. The zero-order chi connectivity index (χ0) is 11.8. The van der Waals surface area contributed by atoms with Crippen LogP contribution >= 0.6 is 0 Å². The second kappa shape index (κ2) is 7.42. The fourth-order valence-corrected chi connectivity index (χ4v) is 1.77. The molecule has 1 aromatic carbocycles. The lowest BCUT2D eigenvalue weighted by Crippen LogP contribution is -2.35. The van der Waals surface area contributed by atoms with Crippen LogP contribution in [0.25, 0.3) is 0 Å².